The minimum Gasteiger partial charge on any atom is -0.378 e. The van der Waals surface area contributed by atoms with Crippen LogP contribution in [0.15, 0.2) is 29.1 Å². The van der Waals surface area contributed by atoms with E-state index in [2.05, 4.69) is 9.97 Å². The highest BCUT2D eigenvalue weighted by Crippen LogP contribution is 2.32. The number of hydrogen-bond donors (Lipinski definition) is 1. The molecule has 2 aliphatic heterocycles. The summed E-state index contributed by atoms with van der Waals surface area (Å²) in [4.78, 5) is 24.1. The van der Waals surface area contributed by atoms with Crippen LogP contribution in [0.25, 0.3) is 0 Å². The number of benzene rings is 1. The Hall–Kier alpha value is -2.39. The Morgan fingerprint density at radius 2 is 1.79 bits per heavy atom. The highest BCUT2D eigenvalue weighted by molar-refractivity contribution is 5.35. The number of fused-ring (bicyclic) bond motifs is 1. The van der Waals surface area contributed by atoms with Crippen molar-refractivity contribution >= 4 is 5.95 Å². The molecule has 156 valence electrons. The van der Waals surface area contributed by atoms with E-state index < -0.39 is 11.7 Å². The fourth-order valence-electron chi connectivity index (χ4n) is 3.90. The summed E-state index contributed by atoms with van der Waals surface area (Å²) in [5.41, 5.74) is 0.860. The van der Waals surface area contributed by atoms with E-state index in [9.17, 15) is 18.0 Å². The van der Waals surface area contributed by atoms with E-state index in [-0.39, 0.29) is 17.7 Å². The zero-order valence-electron chi connectivity index (χ0n) is 16.0. The summed E-state index contributed by atoms with van der Waals surface area (Å²) < 4.78 is 45.2. The van der Waals surface area contributed by atoms with E-state index in [0.29, 0.717) is 63.7 Å². The molecule has 6 nitrogen and oxygen atoms in total. The molecule has 0 saturated carbocycles. The van der Waals surface area contributed by atoms with Crippen molar-refractivity contribution in [3.8, 4) is 0 Å². The molecular weight excluding hydrogens is 385 g/mol. The first-order valence-electron chi connectivity index (χ1n) is 9.74. The standard InChI is InChI=1S/C20H23F3N4O2/c21-20(22,23)16-4-2-1-3-14(16)13-26-7-5-15-17(6-8-26)24-19(25-18(15)28)27-9-11-29-12-10-27/h1-4H,5-13H2,(H,24,25,28). The zero-order valence-corrected chi connectivity index (χ0v) is 16.0. The van der Waals surface area contributed by atoms with Crippen LogP contribution < -0.4 is 10.5 Å². The van der Waals surface area contributed by atoms with E-state index in [0.717, 1.165) is 11.8 Å². The maximum atomic E-state index is 13.3. The van der Waals surface area contributed by atoms with Crippen molar-refractivity contribution in [3.05, 3.63) is 57.0 Å². The number of nitrogens with zero attached hydrogens (tertiary/aromatic N) is 3. The number of morpholine rings is 1. The van der Waals surface area contributed by atoms with Crippen molar-refractivity contribution in [2.45, 2.75) is 25.6 Å². The molecule has 29 heavy (non-hydrogen) atoms. The van der Waals surface area contributed by atoms with E-state index >= 15 is 0 Å². The van der Waals surface area contributed by atoms with Crippen LogP contribution in [0.3, 0.4) is 0 Å². The molecule has 0 atom stereocenters. The molecule has 0 spiro atoms. The van der Waals surface area contributed by atoms with Crippen molar-refractivity contribution in [1.82, 2.24) is 14.9 Å². The molecule has 1 saturated heterocycles. The number of rotatable bonds is 3. The summed E-state index contributed by atoms with van der Waals surface area (Å²) in [5.74, 6) is 0.549. The molecule has 0 unspecified atom stereocenters. The summed E-state index contributed by atoms with van der Waals surface area (Å²) in [6, 6.07) is 5.66. The van der Waals surface area contributed by atoms with Crippen molar-refractivity contribution in [2.24, 2.45) is 0 Å². The van der Waals surface area contributed by atoms with Gasteiger partial charge in [0.2, 0.25) is 5.95 Å². The Kier molecular flexibility index (Phi) is 5.60. The van der Waals surface area contributed by atoms with Crippen LogP contribution in [0.1, 0.15) is 22.4 Å². The van der Waals surface area contributed by atoms with Gasteiger partial charge in [-0.2, -0.15) is 13.2 Å². The fraction of sp³-hybridized carbons (Fsp3) is 0.500. The van der Waals surface area contributed by atoms with Gasteiger partial charge in [0.15, 0.2) is 0 Å². The second kappa shape index (κ2) is 8.16. The Morgan fingerprint density at radius 1 is 1.07 bits per heavy atom. The molecule has 9 heteroatoms. The number of aromatic amines is 1. The molecule has 4 rings (SSSR count). The number of aromatic nitrogens is 2. The van der Waals surface area contributed by atoms with Gasteiger partial charge in [-0.05, 0) is 18.1 Å². The first-order valence-corrected chi connectivity index (χ1v) is 9.74. The van der Waals surface area contributed by atoms with Crippen LogP contribution in [-0.2, 0) is 30.3 Å². The van der Waals surface area contributed by atoms with Gasteiger partial charge in [0.05, 0.1) is 24.5 Å². The van der Waals surface area contributed by atoms with E-state index in [4.69, 9.17) is 4.74 Å². The summed E-state index contributed by atoms with van der Waals surface area (Å²) >= 11 is 0. The lowest BCUT2D eigenvalue weighted by Gasteiger charge is -2.27. The second-order valence-corrected chi connectivity index (χ2v) is 7.35. The predicted molar refractivity (Wildman–Crippen MR) is 102 cm³/mol. The molecular formula is C20H23F3N4O2. The van der Waals surface area contributed by atoms with Crippen molar-refractivity contribution in [3.63, 3.8) is 0 Å². The SMILES string of the molecule is O=c1[nH]c(N2CCOCC2)nc2c1CCN(Cc1ccccc1C(F)(F)F)CC2. The number of halogens is 3. The Balaban J connectivity index is 1.52. The maximum Gasteiger partial charge on any atom is 0.416 e. The van der Waals surface area contributed by atoms with Gasteiger partial charge in [-0.1, -0.05) is 18.2 Å². The first kappa shape index (κ1) is 19.9. The normalized spacial score (nSPS) is 18.4. The number of ether oxygens (including phenoxy) is 1. The minimum absolute atomic E-state index is 0.158. The molecule has 1 N–H and O–H groups in total. The summed E-state index contributed by atoms with van der Waals surface area (Å²) in [6.45, 7) is 3.78. The van der Waals surface area contributed by atoms with Gasteiger partial charge in [-0.25, -0.2) is 4.98 Å². The highest BCUT2D eigenvalue weighted by Gasteiger charge is 2.33. The van der Waals surface area contributed by atoms with Gasteiger partial charge in [-0.3, -0.25) is 14.7 Å². The van der Waals surface area contributed by atoms with E-state index in [1.165, 1.54) is 12.1 Å². The molecule has 0 bridgehead atoms. The third-order valence-corrected chi connectivity index (χ3v) is 5.46. The summed E-state index contributed by atoms with van der Waals surface area (Å²) in [6.07, 6.45) is -3.38. The van der Waals surface area contributed by atoms with Crippen LogP contribution in [0.4, 0.5) is 19.1 Å². The first-order chi connectivity index (χ1) is 13.9. The molecule has 1 aromatic carbocycles. The number of hydrogen-bond acceptors (Lipinski definition) is 5. The smallest absolute Gasteiger partial charge is 0.378 e. The van der Waals surface area contributed by atoms with Gasteiger partial charge < -0.3 is 9.64 Å². The summed E-state index contributed by atoms with van der Waals surface area (Å²) in [5, 5.41) is 0. The van der Waals surface area contributed by atoms with Crippen LogP contribution in [-0.4, -0.2) is 54.3 Å². The molecule has 0 aliphatic carbocycles. The third-order valence-electron chi connectivity index (χ3n) is 5.46. The lowest BCUT2D eigenvalue weighted by atomic mass is 10.1. The van der Waals surface area contributed by atoms with Gasteiger partial charge in [0.25, 0.3) is 5.56 Å². The van der Waals surface area contributed by atoms with Gasteiger partial charge in [0.1, 0.15) is 0 Å². The van der Waals surface area contributed by atoms with Gasteiger partial charge >= 0.3 is 6.18 Å². The molecule has 0 amide bonds. The fourth-order valence-corrected chi connectivity index (χ4v) is 3.90. The monoisotopic (exact) mass is 408 g/mol. The minimum atomic E-state index is -4.38. The van der Waals surface area contributed by atoms with Crippen molar-refractivity contribution < 1.29 is 17.9 Å². The summed E-state index contributed by atoms with van der Waals surface area (Å²) in [7, 11) is 0. The topological polar surface area (TPSA) is 61.5 Å². The Labute approximate surface area is 166 Å². The van der Waals surface area contributed by atoms with Gasteiger partial charge in [0, 0.05) is 44.7 Å². The number of alkyl halides is 3. The third kappa shape index (κ3) is 4.45. The molecule has 2 aliphatic rings. The average Bonchev–Trinajstić information content (AvgIpc) is 2.91. The Bertz CT molecular complexity index is 923. The molecule has 1 fully saturated rings. The molecule has 1 aromatic heterocycles. The lowest BCUT2D eigenvalue weighted by Crippen LogP contribution is -2.38. The second-order valence-electron chi connectivity index (χ2n) is 7.35. The number of nitrogens with one attached hydrogen (secondary N) is 1. The van der Waals surface area contributed by atoms with Crippen molar-refractivity contribution in [1.29, 1.82) is 0 Å². The van der Waals surface area contributed by atoms with Crippen LogP contribution in [0, 0.1) is 0 Å². The van der Waals surface area contributed by atoms with Crippen molar-refractivity contribution in [2.75, 3.05) is 44.3 Å². The largest absolute Gasteiger partial charge is 0.416 e. The van der Waals surface area contributed by atoms with Crippen LogP contribution in [0.2, 0.25) is 0 Å². The molecule has 2 aromatic rings. The van der Waals surface area contributed by atoms with E-state index in [1.54, 1.807) is 6.07 Å². The number of anilines is 1. The van der Waals surface area contributed by atoms with Gasteiger partial charge in [-0.15, -0.1) is 0 Å². The molecule has 3 heterocycles. The zero-order chi connectivity index (χ0) is 20.4. The lowest BCUT2D eigenvalue weighted by molar-refractivity contribution is -0.138. The Morgan fingerprint density at radius 3 is 2.55 bits per heavy atom. The number of H-pyrrole nitrogens is 1. The quantitative estimate of drug-likeness (QED) is 0.844. The van der Waals surface area contributed by atoms with E-state index in [1.807, 2.05) is 9.80 Å². The average molecular weight is 408 g/mol. The predicted octanol–water partition coefficient (Wildman–Crippen LogP) is 2.23. The maximum absolute atomic E-state index is 13.3. The van der Waals surface area contributed by atoms with Crippen LogP contribution >= 0.6 is 0 Å². The highest BCUT2D eigenvalue weighted by atomic mass is 19.4. The van der Waals surface area contributed by atoms with Crippen LogP contribution in [0.5, 0.6) is 0 Å². The molecule has 0 radical (unpaired) electrons.